The molecule has 1 fully saturated rings. The number of rotatable bonds is 4. The van der Waals surface area contributed by atoms with E-state index >= 15 is 0 Å². The van der Waals surface area contributed by atoms with Gasteiger partial charge in [0.05, 0.1) is 22.7 Å². The first kappa shape index (κ1) is 17.5. The van der Waals surface area contributed by atoms with Gasteiger partial charge in [-0.05, 0) is 63.4 Å². The molecule has 1 aliphatic rings. The lowest BCUT2D eigenvalue weighted by molar-refractivity contribution is -0.0259. The van der Waals surface area contributed by atoms with Gasteiger partial charge in [0.25, 0.3) is 5.91 Å². The van der Waals surface area contributed by atoms with Crippen molar-refractivity contribution in [2.45, 2.75) is 65.1 Å². The number of carbonyl (C=O) groups is 1. The molecule has 0 N–H and O–H groups in total. The summed E-state index contributed by atoms with van der Waals surface area (Å²) in [5.74, 6) is -0.00807. The predicted octanol–water partition coefficient (Wildman–Crippen LogP) is 3.65. The molecule has 1 aromatic rings. The van der Waals surface area contributed by atoms with Crippen LogP contribution in [0.5, 0.6) is 0 Å². The normalized spacial score (nSPS) is 19.2. The molecule has 0 aliphatic carbocycles. The Morgan fingerprint density at radius 2 is 2.18 bits per heavy atom. The van der Waals surface area contributed by atoms with E-state index in [1.54, 1.807) is 0 Å². The summed E-state index contributed by atoms with van der Waals surface area (Å²) in [5.41, 5.74) is 0.313. The highest BCUT2D eigenvalue weighted by Gasteiger charge is 2.33. The van der Waals surface area contributed by atoms with Gasteiger partial charge in [-0.3, -0.25) is 9.48 Å². The van der Waals surface area contributed by atoms with Gasteiger partial charge in [0.1, 0.15) is 0 Å². The van der Waals surface area contributed by atoms with Crippen molar-refractivity contribution >= 4 is 21.8 Å². The molecule has 0 aromatic carbocycles. The molecule has 2 heterocycles. The van der Waals surface area contributed by atoms with Crippen LogP contribution in [0.15, 0.2) is 10.7 Å². The highest BCUT2D eigenvalue weighted by atomic mass is 79.9. The lowest BCUT2D eigenvalue weighted by Crippen LogP contribution is -2.40. The van der Waals surface area contributed by atoms with Gasteiger partial charge in [0.2, 0.25) is 0 Å². The first-order chi connectivity index (χ1) is 10.2. The Hall–Kier alpha value is -0.880. The minimum atomic E-state index is -0.183. The van der Waals surface area contributed by atoms with Gasteiger partial charge < -0.3 is 9.64 Å². The zero-order chi connectivity index (χ0) is 16.5. The molecule has 2 rings (SSSR count). The van der Waals surface area contributed by atoms with Gasteiger partial charge in [0, 0.05) is 18.8 Å². The number of aromatic nitrogens is 2. The molecule has 0 spiro atoms. The van der Waals surface area contributed by atoms with E-state index in [0.29, 0.717) is 12.3 Å². The van der Waals surface area contributed by atoms with E-state index in [4.69, 9.17) is 4.74 Å². The average molecular weight is 372 g/mol. The third-order valence-electron chi connectivity index (χ3n) is 3.77. The van der Waals surface area contributed by atoms with Crippen molar-refractivity contribution in [3.05, 3.63) is 16.4 Å². The number of nitrogens with zero attached hydrogens (tertiary/aromatic N) is 3. The lowest BCUT2D eigenvalue weighted by Gasteiger charge is -2.28. The zero-order valence-electron chi connectivity index (χ0n) is 14.1. The number of halogens is 1. The fraction of sp³-hybridized carbons (Fsp3) is 0.750. The number of carbonyl (C=O) groups excluding carboxylic acids is 1. The Labute approximate surface area is 141 Å². The van der Waals surface area contributed by atoms with Gasteiger partial charge in [-0.1, -0.05) is 0 Å². The van der Waals surface area contributed by atoms with Gasteiger partial charge in [-0.2, -0.15) is 5.10 Å². The van der Waals surface area contributed by atoms with Crippen molar-refractivity contribution < 1.29 is 9.53 Å². The maximum absolute atomic E-state index is 12.8. The van der Waals surface area contributed by atoms with Gasteiger partial charge >= 0.3 is 0 Å². The van der Waals surface area contributed by atoms with Gasteiger partial charge in [-0.25, -0.2) is 0 Å². The zero-order valence-corrected chi connectivity index (χ0v) is 15.7. The third-order valence-corrected chi connectivity index (χ3v) is 4.35. The molecule has 1 amide bonds. The predicted molar refractivity (Wildman–Crippen MR) is 90.1 cm³/mol. The highest BCUT2D eigenvalue weighted by molar-refractivity contribution is 9.10. The first-order valence-corrected chi connectivity index (χ1v) is 8.68. The molecular weight excluding hydrogens is 346 g/mol. The van der Waals surface area contributed by atoms with Crippen LogP contribution in [-0.2, 0) is 4.74 Å². The summed E-state index contributed by atoms with van der Waals surface area (Å²) in [5, 5.41) is 4.43. The van der Waals surface area contributed by atoms with Gasteiger partial charge in [0.15, 0.2) is 5.69 Å². The maximum atomic E-state index is 12.8. The van der Waals surface area contributed by atoms with Crippen LogP contribution in [0.25, 0.3) is 0 Å². The van der Waals surface area contributed by atoms with E-state index in [1.807, 2.05) is 50.4 Å². The second kappa shape index (κ2) is 6.71. The van der Waals surface area contributed by atoms with Crippen LogP contribution in [-0.4, -0.2) is 45.4 Å². The summed E-state index contributed by atoms with van der Waals surface area (Å²) in [7, 11) is 0. The minimum absolute atomic E-state index is 0.00807. The summed E-state index contributed by atoms with van der Waals surface area (Å²) in [6.07, 6.45) is 3.88. The molecule has 0 bridgehead atoms. The van der Waals surface area contributed by atoms with Crippen molar-refractivity contribution in [2.24, 2.45) is 0 Å². The molecule has 22 heavy (non-hydrogen) atoms. The van der Waals surface area contributed by atoms with Crippen LogP contribution in [0.4, 0.5) is 0 Å². The number of hydrogen-bond acceptors (Lipinski definition) is 3. The number of likely N-dealkylation sites (tertiary alicyclic amines) is 1. The van der Waals surface area contributed by atoms with Crippen molar-refractivity contribution in [3.63, 3.8) is 0 Å². The molecule has 1 aliphatic heterocycles. The minimum Gasteiger partial charge on any atom is -0.374 e. The molecule has 1 atom stereocenters. The summed E-state index contributed by atoms with van der Waals surface area (Å²) in [4.78, 5) is 14.7. The molecule has 124 valence electrons. The van der Waals surface area contributed by atoms with Gasteiger partial charge in [-0.15, -0.1) is 0 Å². The Morgan fingerprint density at radius 1 is 1.50 bits per heavy atom. The largest absolute Gasteiger partial charge is 0.374 e. The van der Waals surface area contributed by atoms with Crippen LogP contribution in [0.3, 0.4) is 0 Å². The van der Waals surface area contributed by atoms with Crippen LogP contribution < -0.4 is 0 Å². The van der Waals surface area contributed by atoms with E-state index in [0.717, 1.165) is 23.9 Å². The van der Waals surface area contributed by atoms with E-state index < -0.39 is 0 Å². The molecule has 0 radical (unpaired) electrons. The molecule has 6 heteroatoms. The number of ether oxygens (including phenoxy) is 1. The smallest absolute Gasteiger partial charge is 0.275 e. The standard InChI is InChI=1S/C16H26BrN3O2/c1-11(2)20-9-13(17)14(18-20)15(21)19-8-6-7-12(19)10-22-16(3,4)5/h9,11-12H,6-8,10H2,1-5H3/t12-/m1/s1. The summed E-state index contributed by atoms with van der Waals surface area (Å²) < 4.78 is 8.44. The monoisotopic (exact) mass is 371 g/mol. The van der Waals surface area contributed by atoms with E-state index in [9.17, 15) is 4.79 Å². The summed E-state index contributed by atoms with van der Waals surface area (Å²) in [6.45, 7) is 11.6. The maximum Gasteiger partial charge on any atom is 0.275 e. The Bertz CT molecular complexity index is 534. The molecule has 1 aromatic heterocycles. The Morgan fingerprint density at radius 3 is 2.73 bits per heavy atom. The first-order valence-electron chi connectivity index (χ1n) is 7.88. The highest BCUT2D eigenvalue weighted by Crippen LogP contribution is 2.25. The van der Waals surface area contributed by atoms with Crippen LogP contribution >= 0.6 is 15.9 Å². The van der Waals surface area contributed by atoms with E-state index in [-0.39, 0.29) is 23.6 Å². The van der Waals surface area contributed by atoms with Crippen molar-refractivity contribution in [1.29, 1.82) is 0 Å². The Kier molecular flexibility index (Phi) is 5.33. The SMILES string of the molecule is CC(C)n1cc(Br)c(C(=O)N2CCC[C@@H]2COC(C)(C)C)n1. The number of amides is 1. The van der Waals surface area contributed by atoms with Crippen molar-refractivity contribution in [3.8, 4) is 0 Å². The quantitative estimate of drug-likeness (QED) is 0.811. The van der Waals surface area contributed by atoms with Crippen molar-refractivity contribution in [2.75, 3.05) is 13.2 Å². The lowest BCUT2D eigenvalue weighted by atomic mass is 10.1. The number of hydrogen-bond donors (Lipinski definition) is 0. The van der Waals surface area contributed by atoms with E-state index in [2.05, 4.69) is 21.0 Å². The fourth-order valence-corrected chi connectivity index (χ4v) is 3.00. The molecule has 0 unspecified atom stereocenters. The van der Waals surface area contributed by atoms with E-state index in [1.165, 1.54) is 0 Å². The third kappa shape index (κ3) is 4.10. The van der Waals surface area contributed by atoms with Crippen LogP contribution in [0, 0.1) is 0 Å². The fourth-order valence-electron chi connectivity index (χ4n) is 2.54. The molecular formula is C16H26BrN3O2. The second-order valence-corrected chi connectivity index (χ2v) is 7.97. The van der Waals surface area contributed by atoms with Crippen LogP contribution in [0.1, 0.15) is 64.0 Å². The molecule has 5 nitrogen and oxygen atoms in total. The topological polar surface area (TPSA) is 47.4 Å². The molecule has 1 saturated heterocycles. The van der Waals surface area contributed by atoms with Crippen LogP contribution in [0.2, 0.25) is 0 Å². The second-order valence-electron chi connectivity index (χ2n) is 7.12. The Balaban J connectivity index is 2.10. The average Bonchev–Trinajstić information content (AvgIpc) is 3.01. The molecule has 0 saturated carbocycles. The van der Waals surface area contributed by atoms with Crippen molar-refractivity contribution in [1.82, 2.24) is 14.7 Å². The summed E-state index contributed by atoms with van der Waals surface area (Å²) in [6, 6.07) is 0.374. The summed E-state index contributed by atoms with van der Waals surface area (Å²) >= 11 is 3.46.